The molecule has 0 bridgehead atoms. The van der Waals surface area contributed by atoms with E-state index in [2.05, 4.69) is 6.92 Å². The molecule has 0 atom stereocenters. The van der Waals surface area contributed by atoms with Crippen LogP contribution in [0.4, 0.5) is 0 Å². The molecule has 0 spiro atoms. The van der Waals surface area contributed by atoms with Crippen molar-refractivity contribution in [3.05, 3.63) is 0 Å². The molecule has 0 aliphatic heterocycles. The molecule has 0 rings (SSSR count). The molecule has 0 amide bonds. The lowest BCUT2D eigenvalue weighted by Gasteiger charge is -2.26. The van der Waals surface area contributed by atoms with Gasteiger partial charge >= 0.3 is 11.9 Å². The number of esters is 2. The second-order valence-corrected chi connectivity index (χ2v) is 5.77. The van der Waals surface area contributed by atoms with Crippen molar-refractivity contribution in [2.45, 2.75) is 85.5 Å². The molecule has 0 saturated heterocycles. The highest BCUT2D eigenvalue weighted by atomic mass is 16.6. The monoisotopic (exact) mass is 314 g/mol. The first kappa shape index (κ1) is 20.9. The van der Waals surface area contributed by atoms with Crippen LogP contribution in [0.2, 0.25) is 0 Å². The number of ether oxygens (including phenoxy) is 2. The van der Waals surface area contributed by atoms with Crippen LogP contribution in [0.5, 0.6) is 0 Å². The van der Waals surface area contributed by atoms with E-state index in [4.69, 9.17) is 9.47 Å². The van der Waals surface area contributed by atoms with Crippen molar-refractivity contribution >= 4 is 11.9 Å². The largest absolute Gasteiger partial charge is 0.465 e. The standard InChI is InChI=1S/C18H34O4/c1-5-9-10-11-12-13-14-15-22-17(20)18(6-2,7-3)16(19)21-8-4/h5-15H2,1-4H3. The van der Waals surface area contributed by atoms with Gasteiger partial charge in [0.15, 0.2) is 5.41 Å². The van der Waals surface area contributed by atoms with E-state index in [1.165, 1.54) is 32.1 Å². The van der Waals surface area contributed by atoms with E-state index in [0.29, 0.717) is 19.4 Å². The van der Waals surface area contributed by atoms with E-state index in [-0.39, 0.29) is 6.61 Å². The van der Waals surface area contributed by atoms with Gasteiger partial charge < -0.3 is 9.47 Å². The Bertz CT molecular complexity index is 308. The molecule has 0 N–H and O–H groups in total. The quantitative estimate of drug-likeness (QED) is 0.282. The third-order valence-corrected chi connectivity index (χ3v) is 4.25. The number of rotatable bonds is 13. The summed E-state index contributed by atoms with van der Waals surface area (Å²) in [5.74, 6) is -0.883. The molecule has 4 heteroatoms. The predicted octanol–water partition coefficient (Wildman–Crippen LogP) is 4.65. The number of carbonyl (C=O) groups excluding carboxylic acids is 2. The zero-order chi connectivity index (χ0) is 16.8. The van der Waals surface area contributed by atoms with Gasteiger partial charge in [-0.3, -0.25) is 9.59 Å². The molecule has 0 aromatic carbocycles. The first-order chi connectivity index (χ1) is 10.6. The minimum atomic E-state index is -1.13. The summed E-state index contributed by atoms with van der Waals surface area (Å²) in [5, 5.41) is 0. The summed E-state index contributed by atoms with van der Waals surface area (Å²) in [6.45, 7) is 8.29. The van der Waals surface area contributed by atoms with E-state index in [1.807, 2.05) is 13.8 Å². The van der Waals surface area contributed by atoms with Crippen LogP contribution in [-0.2, 0) is 19.1 Å². The van der Waals surface area contributed by atoms with E-state index >= 15 is 0 Å². The van der Waals surface area contributed by atoms with Crippen LogP contribution in [0, 0.1) is 5.41 Å². The molecular formula is C18H34O4. The fourth-order valence-electron chi connectivity index (χ4n) is 2.54. The van der Waals surface area contributed by atoms with Crippen LogP contribution < -0.4 is 0 Å². The summed E-state index contributed by atoms with van der Waals surface area (Å²) >= 11 is 0. The summed E-state index contributed by atoms with van der Waals surface area (Å²) in [6.07, 6.45) is 9.03. The molecule has 0 unspecified atom stereocenters. The highest BCUT2D eigenvalue weighted by Crippen LogP contribution is 2.30. The van der Waals surface area contributed by atoms with Gasteiger partial charge in [-0.05, 0) is 26.2 Å². The van der Waals surface area contributed by atoms with Gasteiger partial charge in [-0.1, -0.05) is 59.3 Å². The van der Waals surface area contributed by atoms with Crippen molar-refractivity contribution in [2.75, 3.05) is 13.2 Å². The average Bonchev–Trinajstić information content (AvgIpc) is 2.52. The Balaban J connectivity index is 4.12. The molecule has 0 radical (unpaired) electrons. The maximum Gasteiger partial charge on any atom is 0.323 e. The minimum absolute atomic E-state index is 0.283. The second kappa shape index (κ2) is 12.5. The van der Waals surface area contributed by atoms with Crippen molar-refractivity contribution in [2.24, 2.45) is 5.41 Å². The van der Waals surface area contributed by atoms with Crippen LogP contribution in [0.1, 0.15) is 85.5 Å². The maximum absolute atomic E-state index is 12.3. The minimum Gasteiger partial charge on any atom is -0.465 e. The molecule has 0 saturated carbocycles. The van der Waals surface area contributed by atoms with Gasteiger partial charge in [0, 0.05) is 0 Å². The predicted molar refractivity (Wildman–Crippen MR) is 88.6 cm³/mol. The molecule has 0 aromatic rings. The second-order valence-electron chi connectivity index (χ2n) is 5.77. The first-order valence-corrected chi connectivity index (χ1v) is 8.93. The SMILES string of the molecule is CCCCCCCCCOC(=O)C(CC)(CC)C(=O)OCC. The van der Waals surface area contributed by atoms with Crippen LogP contribution in [-0.4, -0.2) is 25.2 Å². The maximum atomic E-state index is 12.3. The Kier molecular flexibility index (Phi) is 11.9. The Morgan fingerprint density at radius 3 is 1.73 bits per heavy atom. The van der Waals surface area contributed by atoms with Crippen LogP contribution >= 0.6 is 0 Å². The highest BCUT2D eigenvalue weighted by Gasteiger charge is 2.45. The molecule has 22 heavy (non-hydrogen) atoms. The van der Waals surface area contributed by atoms with Crippen LogP contribution in [0.3, 0.4) is 0 Å². The lowest BCUT2D eigenvalue weighted by Crippen LogP contribution is -2.41. The molecule has 0 heterocycles. The lowest BCUT2D eigenvalue weighted by molar-refractivity contribution is -0.173. The Labute approximate surface area is 135 Å². The van der Waals surface area contributed by atoms with Gasteiger partial charge in [0.1, 0.15) is 0 Å². The number of hydrogen-bond acceptors (Lipinski definition) is 4. The summed E-state index contributed by atoms with van der Waals surface area (Å²) in [6, 6.07) is 0. The van der Waals surface area contributed by atoms with Crippen molar-refractivity contribution in [1.29, 1.82) is 0 Å². The smallest absolute Gasteiger partial charge is 0.323 e. The van der Waals surface area contributed by atoms with Gasteiger partial charge in [-0.15, -0.1) is 0 Å². The average molecular weight is 314 g/mol. The summed E-state index contributed by atoms with van der Waals surface area (Å²) in [7, 11) is 0. The summed E-state index contributed by atoms with van der Waals surface area (Å²) < 4.78 is 10.4. The molecule has 0 aliphatic carbocycles. The fraction of sp³-hybridized carbons (Fsp3) is 0.889. The van der Waals surface area contributed by atoms with Gasteiger partial charge in [0.2, 0.25) is 0 Å². The van der Waals surface area contributed by atoms with Gasteiger partial charge in [0.25, 0.3) is 0 Å². The third kappa shape index (κ3) is 6.80. The van der Waals surface area contributed by atoms with Gasteiger partial charge in [-0.25, -0.2) is 0 Å². The number of hydrogen-bond donors (Lipinski definition) is 0. The van der Waals surface area contributed by atoms with Crippen molar-refractivity contribution < 1.29 is 19.1 Å². The number of carbonyl (C=O) groups is 2. The van der Waals surface area contributed by atoms with Gasteiger partial charge in [-0.2, -0.15) is 0 Å². The van der Waals surface area contributed by atoms with E-state index in [9.17, 15) is 9.59 Å². The lowest BCUT2D eigenvalue weighted by atomic mass is 9.82. The zero-order valence-electron chi connectivity index (χ0n) is 14.9. The highest BCUT2D eigenvalue weighted by molar-refractivity contribution is 5.99. The van der Waals surface area contributed by atoms with Crippen molar-refractivity contribution in [3.63, 3.8) is 0 Å². The van der Waals surface area contributed by atoms with Crippen LogP contribution in [0.15, 0.2) is 0 Å². The molecular weight excluding hydrogens is 280 g/mol. The zero-order valence-corrected chi connectivity index (χ0v) is 14.9. The molecule has 0 aliphatic rings. The Morgan fingerprint density at radius 1 is 0.727 bits per heavy atom. The molecule has 4 nitrogen and oxygen atoms in total. The van der Waals surface area contributed by atoms with E-state index in [0.717, 1.165) is 12.8 Å². The Hall–Kier alpha value is -1.06. The molecule has 0 fully saturated rings. The fourth-order valence-corrected chi connectivity index (χ4v) is 2.54. The van der Waals surface area contributed by atoms with Crippen molar-refractivity contribution in [3.8, 4) is 0 Å². The Morgan fingerprint density at radius 2 is 1.23 bits per heavy atom. The van der Waals surface area contributed by atoms with E-state index < -0.39 is 17.4 Å². The topological polar surface area (TPSA) is 52.6 Å². The van der Waals surface area contributed by atoms with Gasteiger partial charge in [0.05, 0.1) is 13.2 Å². The van der Waals surface area contributed by atoms with Crippen LogP contribution in [0.25, 0.3) is 0 Å². The molecule has 130 valence electrons. The van der Waals surface area contributed by atoms with E-state index in [1.54, 1.807) is 6.92 Å². The number of unbranched alkanes of at least 4 members (excludes halogenated alkanes) is 6. The summed E-state index contributed by atoms with van der Waals surface area (Å²) in [4.78, 5) is 24.4. The third-order valence-electron chi connectivity index (χ3n) is 4.25. The first-order valence-electron chi connectivity index (χ1n) is 8.93. The molecule has 0 aromatic heterocycles. The van der Waals surface area contributed by atoms with Crippen molar-refractivity contribution in [1.82, 2.24) is 0 Å². The summed E-state index contributed by atoms with van der Waals surface area (Å²) in [5.41, 5.74) is -1.13. The normalized spacial score (nSPS) is 11.3.